The van der Waals surface area contributed by atoms with Crippen LogP contribution >= 0.6 is 11.6 Å². The van der Waals surface area contributed by atoms with Crippen molar-refractivity contribution in [3.8, 4) is 0 Å². The monoisotopic (exact) mass is 462 g/mol. The molecule has 1 amide bonds. The SMILES string of the molecule is CS(=O)(=O)N(CCCC(=O)NCCc1ccc(Cl)cc1)c1ccc(C(F)(F)F)cc1. The zero-order valence-corrected chi connectivity index (χ0v) is 17.8. The third-order valence-electron chi connectivity index (χ3n) is 4.30. The standard InChI is InChI=1S/C20H22ClF3N2O3S/c1-30(28,29)26(18-10-6-16(7-11-18)20(22,23)24)14-2-3-19(27)25-13-12-15-4-8-17(21)9-5-15/h4-11H,2-3,12-14H2,1H3,(H,25,27). The number of nitrogens with one attached hydrogen (secondary N) is 1. The van der Waals surface area contributed by atoms with Crippen LogP contribution in [0.4, 0.5) is 18.9 Å². The van der Waals surface area contributed by atoms with E-state index < -0.39 is 21.8 Å². The number of alkyl halides is 3. The van der Waals surface area contributed by atoms with E-state index in [-0.39, 0.29) is 31.0 Å². The largest absolute Gasteiger partial charge is 0.416 e. The number of amides is 1. The second kappa shape index (κ2) is 10.2. The van der Waals surface area contributed by atoms with Gasteiger partial charge in [0.1, 0.15) is 0 Å². The van der Waals surface area contributed by atoms with E-state index in [0.717, 1.165) is 40.4 Å². The molecule has 0 aromatic heterocycles. The third kappa shape index (κ3) is 7.53. The Morgan fingerprint density at radius 3 is 2.20 bits per heavy atom. The number of hydrogen-bond acceptors (Lipinski definition) is 3. The minimum atomic E-state index is -4.50. The van der Waals surface area contributed by atoms with Crippen LogP contribution in [0.25, 0.3) is 0 Å². The Kier molecular flexibility index (Phi) is 8.14. The normalized spacial score (nSPS) is 11.9. The molecule has 10 heteroatoms. The van der Waals surface area contributed by atoms with Gasteiger partial charge >= 0.3 is 6.18 Å². The Morgan fingerprint density at radius 2 is 1.67 bits per heavy atom. The molecule has 2 aromatic carbocycles. The fourth-order valence-electron chi connectivity index (χ4n) is 2.77. The maximum atomic E-state index is 12.7. The van der Waals surface area contributed by atoms with Gasteiger partial charge in [-0.15, -0.1) is 0 Å². The van der Waals surface area contributed by atoms with Crippen molar-refractivity contribution in [2.75, 3.05) is 23.7 Å². The molecule has 0 aliphatic carbocycles. The predicted octanol–water partition coefficient (Wildman–Crippen LogP) is 4.26. The van der Waals surface area contributed by atoms with Gasteiger partial charge in [0.05, 0.1) is 17.5 Å². The van der Waals surface area contributed by atoms with Crippen LogP contribution in [0.5, 0.6) is 0 Å². The van der Waals surface area contributed by atoms with E-state index in [2.05, 4.69) is 5.32 Å². The molecule has 164 valence electrons. The molecule has 0 aliphatic rings. The fraction of sp³-hybridized carbons (Fsp3) is 0.350. The van der Waals surface area contributed by atoms with E-state index in [4.69, 9.17) is 11.6 Å². The van der Waals surface area contributed by atoms with Crippen molar-refractivity contribution in [1.29, 1.82) is 0 Å². The van der Waals surface area contributed by atoms with Crippen LogP contribution < -0.4 is 9.62 Å². The molecule has 0 atom stereocenters. The lowest BCUT2D eigenvalue weighted by Gasteiger charge is -2.22. The first kappa shape index (κ1) is 24.0. The lowest BCUT2D eigenvalue weighted by molar-refractivity contribution is -0.137. The topological polar surface area (TPSA) is 66.5 Å². The summed E-state index contributed by atoms with van der Waals surface area (Å²) in [5.74, 6) is -0.232. The van der Waals surface area contributed by atoms with E-state index in [0.29, 0.717) is 18.0 Å². The van der Waals surface area contributed by atoms with Gasteiger partial charge in [0, 0.05) is 24.5 Å². The minimum absolute atomic E-state index is 0.0190. The number of anilines is 1. The van der Waals surface area contributed by atoms with Gasteiger partial charge in [-0.2, -0.15) is 13.2 Å². The Morgan fingerprint density at radius 1 is 1.07 bits per heavy atom. The van der Waals surface area contributed by atoms with Gasteiger partial charge in [-0.25, -0.2) is 8.42 Å². The summed E-state index contributed by atoms with van der Waals surface area (Å²) in [6.07, 6.45) is -2.59. The highest BCUT2D eigenvalue weighted by atomic mass is 35.5. The van der Waals surface area contributed by atoms with Gasteiger partial charge in [0.25, 0.3) is 0 Å². The van der Waals surface area contributed by atoms with E-state index in [1.807, 2.05) is 12.1 Å². The molecular weight excluding hydrogens is 441 g/mol. The van der Waals surface area contributed by atoms with Crippen molar-refractivity contribution < 1.29 is 26.4 Å². The molecule has 2 aromatic rings. The first-order valence-electron chi connectivity index (χ1n) is 9.13. The molecule has 0 heterocycles. The van der Waals surface area contributed by atoms with Crippen LogP contribution in [0.1, 0.15) is 24.0 Å². The number of nitrogens with zero attached hydrogens (tertiary/aromatic N) is 1. The molecule has 2 rings (SSSR count). The highest BCUT2D eigenvalue weighted by Gasteiger charge is 2.30. The summed E-state index contributed by atoms with van der Waals surface area (Å²) in [4.78, 5) is 12.0. The first-order chi connectivity index (χ1) is 14.0. The molecule has 0 spiro atoms. The van der Waals surface area contributed by atoms with Crippen molar-refractivity contribution in [2.45, 2.75) is 25.4 Å². The summed E-state index contributed by atoms with van der Waals surface area (Å²) in [7, 11) is -3.71. The second-order valence-corrected chi connectivity index (χ2v) is 9.05. The van der Waals surface area contributed by atoms with Crippen LogP contribution in [-0.4, -0.2) is 33.7 Å². The summed E-state index contributed by atoms with van der Waals surface area (Å²) in [5.41, 5.74) is 0.277. The lowest BCUT2D eigenvalue weighted by atomic mass is 10.1. The first-order valence-corrected chi connectivity index (χ1v) is 11.4. The molecular formula is C20H22ClF3N2O3S. The summed E-state index contributed by atoms with van der Waals surface area (Å²) >= 11 is 5.82. The molecule has 0 radical (unpaired) electrons. The number of halogens is 4. The van der Waals surface area contributed by atoms with Gasteiger partial charge < -0.3 is 5.32 Å². The van der Waals surface area contributed by atoms with Crippen molar-refractivity contribution in [3.05, 3.63) is 64.7 Å². The van der Waals surface area contributed by atoms with E-state index in [9.17, 15) is 26.4 Å². The molecule has 0 unspecified atom stereocenters. The smallest absolute Gasteiger partial charge is 0.356 e. The molecule has 5 nitrogen and oxygen atoms in total. The molecule has 0 fully saturated rings. The number of carbonyl (C=O) groups excluding carboxylic acids is 1. The van der Waals surface area contributed by atoms with Gasteiger partial charge in [0.2, 0.25) is 15.9 Å². The number of carbonyl (C=O) groups is 1. The average Bonchev–Trinajstić information content (AvgIpc) is 2.65. The number of sulfonamides is 1. The van der Waals surface area contributed by atoms with Crippen molar-refractivity contribution in [2.24, 2.45) is 0 Å². The van der Waals surface area contributed by atoms with Gasteiger partial charge in [-0.3, -0.25) is 9.10 Å². The Hall–Kier alpha value is -2.26. The summed E-state index contributed by atoms with van der Waals surface area (Å²) in [6, 6.07) is 11.1. The highest BCUT2D eigenvalue weighted by molar-refractivity contribution is 7.92. The third-order valence-corrected chi connectivity index (χ3v) is 5.74. The van der Waals surface area contributed by atoms with Gasteiger partial charge in [-0.05, 0) is 54.8 Å². The minimum Gasteiger partial charge on any atom is -0.356 e. The quantitative estimate of drug-likeness (QED) is 0.605. The Balaban J connectivity index is 1.86. The number of rotatable bonds is 9. The summed E-state index contributed by atoms with van der Waals surface area (Å²) < 4.78 is 63.1. The maximum Gasteiger partial charge on any atom is 0.416 e. The van der Waals surface area contributed by atoms with Crippen LogP contribution in [-0.2, 0) is 27.4 Å². The zero-order valence-electron chi connectivity index (χ0n) is 16.2. The molecule has 1 N–H and O–H groups in total. The molecule has 0 bridgehead atoms. The van der Waals surface area contributed by atoms with Crippen LogP contribution in [0.15, 0.2) is 48.5 Å². The summed E-state index contributed by atoms with van der Waals surface area (Å²) in [5, 5.41) is 3.39. The van der Waals surface area contributed by atoms with Crippen LogP contribution in [0, 0.1) is 0 Å². The molecule has 30 heavy (non-hydrogen) atoms. The predicted molar refractivity (Wildman–Crippen MR) is 111 cm³/mol. The molecule has 0 saturated carbocycles. The number of hydrogen-bond donors (Lipinski definition) is 1. The van der Waals surface area contributed by atoms with Crippen LogP contribution in [0.2, 0.25) is 5.02 Å². The van der Waals surface area contributed by atoms with Gasteiger partial charge in [-0.1, -0.05) is 23.7 Å². The van der Waals surface area contributed by atoms with Crippen molar-refractivity contribution in [3.63, 3.8) is 0 Å². The Bertz CT molecular complexity index is 947. The zero-order chi connectivity index (χ0) is 22.4. The fourth-order valence-corrected chi connectivity index (χ4v) is 3.86. The van der Waals surface area contributed by atoms with E-state index in [1.54, 1.807) is 12.1 Å². The van der Waals surface area contributed by atoms with E-state index >= 15 is 0 Å². The van der Waals surface area contributed by atoms with Crippen LogP contribution in [0.3, 0.4) is 0 Å². The molecule has 0 aliphatic heterocycles. The lowest BCUT2D eigenvalue weighted by Crippen LogP contribution is -2.32. The second-order valence-electron chi connectivity index (χ2n) is 6.71. The number of benzene rings is 2. The maximum absolute atomic E-state index is 12.7. The van der Waals surface area contributed by atoms with Crippen molar-refractivity contribution in [1.82, 2.24) is 5.32 Å². The highest BCUT2D eigenvalue weighted by Crippen LogP contribution is 2.31. The average molecular weight is 463 g/mol. The van der Waals surface area contributed by atoms with Gasteiger partial charge in [0.15, 0.2) is 0 Å². The summed E-state index contributed by atoms with van der Waals surface area (Å²) in [6.45, 7) is 0.407. The molecule has 0 saturated heterocycles. The van der Waals surface area contributed by atoms with Crippen molar-refractivity contribution >= 4 is 33.2 Å². The Labute approximate surface area is 178 Å². The van der Waals surface area contributed by atoms with E-state index in [1.165, 1.54) is 0 Å².